The van der Waals surface area contributed by atoms with Gasteiger partial charge in [-0.1, -0.05) is 26.0 Å². The first-order chi connectivity index (χ1) is 9.54. The summed E-state index contributed by atoms with van der Waals surface area (Å²) in [7, 11) is 1.64. The third-order valence-corrected chi connectivity index (χ3v) is 2.97. The molecule has 20 heavy (non-hydrogen) atoms. The Balaban J connectivity index is 2.40. The molecule has 0 aromatic heterocycles. The van der Waals surface area contributed by atoms with Crippen molar-refractivity contribution in [1.29, 1.82) is 0 Å². The summed E-state index contributed by atoms with van der Waals surface area (Å²) in [6.07, 6.45) is 0. The Bertz CT molecular complexity index is 404. The topological polar surface area (TPSA) is 73.6 Å². The smallest absolute Gasteiger partial charge is 0.237 e. The summed E-state index contributed by atoms with van der Waals surface area (Å²) in [5.41, 5.74) is 6.78. The van der Waals surface area contributed by atoms with Crippen molar-refractivity contribution >= 4 is 5.91 Å². The van der Waals surface area contributed by atoms with Gasteiger partial charge in [-0.05, 0) is 23.6 Å². The van der Waals surface area contributed by atoms with Crippen molar-refractivity contribution in [1.82, 2.24) is 5.32 Å². The lowest BCUT2D eigenvalue weighted by Crippen LogP contribution is -2.43. The van der Waals surface area contributed by atoms with Crippen LogP contribution in [0.5, 0.6) is 5.75 Å². The normalized spacial score (nSPS) is 12.2. The molecule has 0 spiro atoms. The third-order valence-electron chi connectivity index (χ3n) is 2.97. The fourth-order valence-electron chi connectivity index (χ4n) is 1.56. The molecule has 0 aliphatic carbocycles. The van der Waals surface area contributed by atoms with E-state index in [9.17, 15) is 4.79 Å². The monoisotopic (exact) mass is 280 g/mol. The molecular formula is C15H24N2O3. The first-order valence-electron chi connectivity index (χ1n) is 6.78. The lowest BCUT2D eigenvalue weighted by atomic mass is 10.0. The van der Waals surface area contributed by atoms with Crippen molar-refractivity contribution in [2.45, 2.75) is 26.4 Å². The van der Waals surface area contributed by atoms with Crippen LogP contribution in [0.1, 0.15) is 19.4 Å². The number of nitrogens with one attached hydrogen (secondary N) is 1. The quantitative estimate of drug-likeness (QED) is 0.704. The molecule has 0 unspecified atom stereocenters. The second-order valence-corrected chi connectivity index (χ2v) is 4.97. The molecule has 1 rings (SSSR count). The zero-order valence-corrected chi connectivity index (χ0v) is 12.4. The lowest BCUT2D eigenvalue weighted by Gasteiger charge is -2.15. The van der Waals surface area contributed by atoms with Crippen LogP contribution in [-0.4, -0.2) is 32.3 Å². The SMILES string of the molecule is COCCOc1ccc(CNC(=O)[C@@H](N)C(C)C)cc1. The third kappa shape index (κ3) is 5.59. The minimum atomic E-state index is -0.466. The Labute approximate surface area is 120 Å². The van der Waals surface area contributed by atoms with Gasteiger partial charge in [0, 0.05) is 13.7 Å². The minimum absolute atomic E-state index is 0.125. The van der Waals surface area contributed by atoms with Gasteiger partial charge in [0.25, 0.3) is 0 Å². The number of rotatable bonds is 8. The van der Waals surface area contributed by atoms with Crippen LogP contribution >= 0.6 is 0 Å². The van der Waals surface area contributed by atoms with E-state index < -0.39 is 6.04 Å². The van der Waals surface area contributed by atoms with Crippen LogP contribution in [0, 0.1) is 5.92 Å². The molecule has 1 atom stereocenters. The number of carbonyl (C=O) groups excluding carboxylic acids is 1. The van der Waals surface area contributed by atoms with Crippen molar-refractivity contribution in [3.8, 4) is 5.75 Å². The van der Waals surface area contributed by atoms with E-state index in [0.717, 1.165) is 11.3 Å². The molecule has 1 amide bonds. The summed E-state index contributed by atoms with van der Waals surface area (Å²) in [4.78, 5) is 11.7. The van der Waals surface area contributed by atoms with E-state index in [1.54, 1.807) is 7.11 Å². The standard InChI is InChI=1S/C15H24N2O3/c1-11(2)14(16)15(18)17-10-12-4-6-13(7-5-12)20-9-8-19-3/h4-7,11,14H,8-10,16H2,1-3H3,(H,17,18)/t14-/m0/s1. The van der Waals surface area contributed by atoms with Crippen LogP contribution in [0.3, 0.4) is 0 Å². The average Bonchev–Trinajstić information content (AvgIpc) is 2.45. The summed E-state index contributed by atoms with van der Waals surface area (Å²) in [6, 6.07) is 7.12. The number of carbonyl (C=O) groups is 1. The molecular weight excluding hydrogens is 256 g/mol. The van der Waals surface area contributed by atoms with E-state index in [2.05, 4.69) is 5.32 Å². The zero-order valence-electron chi connectivity index (χ0n) is 12.4. The highest BCUT2D eigenvalue weighted by Crippen LogP contribution is 2.12. The van der Waals surface area contributed by atoms with Crippen LogP contribution in [0.2, 0.25) is 0 Å². The van der Waals surface area contributed by atoms with Crippen molar-refractivity contribution in [3.63, 3.8) is 0 Å². The van der Waals surface area contributed by atoms with Crippen LogP contribution in [-0.2, 0) is 16.1 Å². The molecule has 5 nitrogen and oxygen atoms in total. The summed E-state index contributed by atoms with van der Waals surface area (Å²) in [5.74, 6) is 0.794. The van der Waals surface area contributed by atoms with E-state index in [4.69, 9.17) is 15.2 Å². The fourth-order valence-corrected chi connectivity index (χ4v) is 1.56. The predicted octanol–water partition coefficient (Wildman–Crippen LogP) is 1.31. The first kappa shape index (κ1) is 16.5. The predicted molar refractivity (Wildman–Crippen MR) is 78.5 cm³/mol. The van der Waals surface area contributed by atoms with Crippen molar-refractivity contribution in [2.24, 2.45) is 11.7 Å². The molecule has 0 aliphatic heterocycles. The summed E-state index contributed by atoms with van der Waals surface area (Å²) in [5, 5.41) is 2.83. The van der Waals surface area contributed by atoms with Gasteiger partial charge in [-0.2, -0.15) is 0 Å². The second kappa shape index (κ2) is 8.55. The van der Waals surface area contributed by atoms with Crippen molar-refractivity contribution < 1.29 is 14.3 Å². The summed E-state index contributed by atoms with van der Waals surface area (Å²) >= 11 is 0. The van der Waals surface area contributed by atoms with Crippen molar-refractivity contribution in [3.05, 3.63) is 29.8 Å². The highest BCUT2D eigenvalue weighted by atomic mass is 16.5. The van der Waals surface area contributed by atoms with E-state index in [-0.39, 0.29) is 11.8 Å². The van der Waals surface area contributed by atoms with Gasteiger partial charge in [0.15, 0.2) is 0 Å². The van der Waals surface area contributed by atoms with Crippen LogP contribution in [0.25, 0.3) is 0 Å². The largest absolute Gasteiger partial charge is 0.491 e. The van der Waals surface area contributed by atoms with E-state index in [1.807, 2.05) is 38.1 Å². The van der Waals surface area contributed by atoms with E-state index in [1.165, 1.54) is 0 Å². The van der Waals surface area contributed by atoms with Gasteiger partial charge in [0.05, 0.1) is 12.6 Å². The van der Waals surface area contributed by atoms with E-state index >= 15 is 0 Å². The van der Waals surface area contributed by atoms with Gasteiger partial charge in [-0.25, -0.2) is 0 Å². The van der Waals surface area contributed by atoms with Crippen LogP contribution in [0.15, 0.2) is 24.3 Å². The summed E-state index contributed by atoms with van der Waals surface area (Å²) < 4.78 is 10.4. The summed E-state index contributed by atoms with van der Waals surface area (Å²) in [6.45, 7) is 5.41. The zero-order chi connectivity index (χ0) is 15.0. The highest BCUT2D eigenvalue weighted by Gasteiger charge is 2.16. The van der Waals surface area contributed by atoms with Gasteiger partial charge >= 0.3 is 0 Å². The van der Waals surface area contributed by atoms with Gasteiger partial charge in [0.1, 0.15) is 12.4 Å². The van der Waals surface area contributed by atoms with Crippen molar-refractivity contribution in [2.75, 3.05) is 20.3 Å². The maximum atomic E-state index is 11.7. The highest BCUT2D eigenvalue weighted by molar-refractivity contribution is 5.81. The molecule has 0 saturated carbocycles. The molecule has 0 heterocycles. The number of hydrogen-bond acceptors (Lipinski definition) is 4. The Morgan fingerprint density at radius 3 is 2.45 bits per heavy atom. The Hall–Kier alpha value is -1.59. The van der Waals surface area contributed by atoms with E-state index in [0.29, 0.717) is 19.8 Å². The van der Waals surface area contributed by atoms with Gasteiger partial charge in [-0.3, -0.25) is 4.79 Å². The molecule has 0 radical (unpaired) electrons. The van der Waals surface area contributed by atoms with Gasteiger partial charge < -0.3 is 20.5 Å². The Kier molecular flexibility index (Phi) is 7.04. The number of methoxy groups -OCH3 is 1. The number of nitrogens with two attached hydrogens (primary N) is 1. The maximum absolute atomic E-state index is 11.7. The molecule has 1 aromatic rings. The number of hydrogen-bond donors (Lipinski definition) is 2. The number of benzene rings is 1. The number of amides is 1. The molecule has 0 aliphatic rings. The molecule has 112 valence electrons. The second-order valence-electron chi connectivity index (χ2n) is 4.97. The minimum Gasteiger partial charge on any atom is -0.491 e. The van der Waals surface area contributed by atoms with Gasteiger partial charge in [0.2, 0.25) is 5.91 Å². The number of ether oxygens (including phenoxy) is 2. The van der Waals surface area contributed by atoms with Gasteiger partial charge in [-0.15, -0.1) is 0 Å². The lowest BCUT2D eigenvalue weighted by molar-refractivity contribution is -0.123. The first-order valence-corrected chi connectivity index (χ1v) is 6.78. The van der Waals surface area contributed by atoms with Crippen LogP contribution in [0.4, 0.5) is 0 Å². The molecule has 0 saturated heterocycles. The average molecular weight is 280 g/mol. The molecule has 0 bridgehead atoms. The Morgan fingerprint density at radius 2 is 1.90 bits per heavy atom. The molecule has 3 N–H and O–H groups in total. The fraction of sp³-hybridized carbons (Fsp3) is 0.533. The van der Waals surface area contributed by atoms with Crippen LogP contribution < -0.4 is 15.8 Å². The maximum Gasteiger partial charge on any atom is 0.237 e. The molecule has 1 aromatic carbocycles. The molecule has 0 fully saturated rings. The Morgan fingerprint density at radius 1 is 1.25 bits per heavy atom. The molecule has 5 heteroatoms.